The molecule has 3 aromatic rings. The molecule has 1 N–H and O–H groups in total. The number of aromatic nitrogens is 1. The molecule has 0 spiro atoms. The number of furan rings is 1. The predicted molar refractivity (Wildman–Crippen MR) is 106 cm³/mol. The number of carbonyl (C=O) groups excluding carboxylic acids is 1. The third kappa shape index (κ3) is 4.87. The van der Waals surface area contributed by atoms with Crippen LogP contribution in [0.1, 0.15) is 52.1 Å². The van der Waals surface area contributed by atoms with Crippen LogP contribution in [0, 0.1) is 0 Å². The Morgan fingerprint density at radius 1 is 1.19 bits per heavy atom. The van der Waals surface area contributed by atoms with Crippen molar-refractivity contribution < 1.29 is 41.5 Å². The van der Waals surface area contributed by atoms with Crippen LogP contribution in [0.25, 0.3) is 11.0 Å². The number of hydrogen-bond acceptors (Lipinski definition) is 6. The molecule has 11 heteroatoms. The second-order valence-corrected chi connectivity index (χ2v) is 7.10. The molecular weight excluding hydrogens is 433 g/mol. The number of halogens is 3. The first kappa shape index (κ1) is 23.2. The second-order valence-electron chi connectivity index (χ2n) is 7.10. The van der Waals surface area contributed by atoms with Crippen molar-refractivity contribution in [1.82, 2.24) is 10.1 Å². The van der Waals surface area contributed by atoms with Gasteiger partial charge >= 0.3 is 12.1 Å². The molecule has 172 valence electrons. The van der Waals surface area contributed by atoms with E-state index in [4.69, 9.17) is 18.8 Å². The van der Waals surface area contributed by atoms with Crippen molar-refractivity contribution in [3.8, 4) is 5.75 Å². The minimum absolute atomic E-state index is 0.0519. The van der Waals surface area contributed by atoms with Gasteiger partial charge in [0, 0.05) is 19.2 Å². The summed E-state index contributed by atoms with van der Waals surface area (Å²) in [7, 11) is 1.53. The smallest absolute Gasteiger partial charge is 0.437 e. The first-order chi connectivity index (χ1) is 15.1. The summed E-state index contributed by atoms with van der Waals surface area (Å²) in [6.45, 7) is 2.36. The van der Waals surface area contributed by atoms with E-state index in [9.17, 15) is 22.8 Å². The highest BCUT2D eigenvalue weighted by atomic mass is 19.4. The van der Waals surface area contributed by atoms with Crippen LogP contribution in [-0.2, 0) is 12.6 Å². The zero-order chi connectivity index (χ0) is 23.5. The minimum atomic E-state index is -4.62. The summed E-state index contributed by atoms with van der Waals surface area (Å²) in [4.78, 5) is 24.5. The van der Waals surface area contributed by atoms with Gasteiger partial charge < -0.3 is 23.7 Å². The van der Waals surface area contributed by atoms with Crippen LogP contribution in [0.3, 0.4) is 0 Å². The Morgan fingerprint density at radius 3 is 2.53 bits per heavy atom. The van der Waals surface area contributed by atoms with Crippen LogP contribution in [-0.4, -0.2) is 47.2 Å². The fourth-order valence-corrected chi connectivity index (χ4v) is 3.21. The van der Waals surface area contributed by atoms with Gasteiger partial charge in [-0.3, -0.25) is 4.79 Å². The Hall–Kier alpha value is -3.50. The number of carbonyl (C=O) groups is 2. The summed E-state index contributed by atoms with van der Waals surface area (Å²) in [5, 5.41) is 11.9. The Bertz CT molecular complexity index is 1120. The summed E-state index contributed by atoms with van der Waals surface area (Å²) in [5.74, 6) is -1.77. The number of nitrogens with zero attached hydrogens (tertiary/aromatic N) is 2. The number of carboxylic acids is 1. The van der Waals surface area contributed by atoms with Gasteiger partial charge in [-0.2, -0.15) is 13.2 Å². The normalized spacial score (nSPS) is 11.7. The van der Waals surface area contributed by atoms with Crippen LogP contribution >= 0.6 is 0 Å². The van der Waals surface area contributed by atoms with E-state index in [0.29, 0.717) is 30.6 Å². The second kappa shape index (κ2) is 9.33. The molecule has 0 fully saturated rings. The number of fused-ring (bicyclic) bond motifs is 1. The largest absolute Gasteiger partial charge is 0.493 e. The number of aryl methyl sites for hydroxylation is 1. The SMILES string of the molecule is CCCc1c(OCCCN(C)C(=O)c2ccc(C(=O)O)o2)ccc2c(C(F)(F)F)noc12. The standard InChI is InChI=1S/C21H21F3N2O6/c1-3-5-12-14(7-6-13-17(12)32-25-18(13)21(22,23)24)30-11-4-10-26(2)19(27)15-8-9-16(31-15)20(28)29/h6-9H,3-5,10-11H2,1-2H3,(H,28,29). The lowest BCUT2D eigenvalue weighted by Gasteiger charge is -2.16. The molecule has 2 heterocycles. The third-order valence-electron chi connectivity index (χ3n) is 4.74. The Labute approximate surface area is 180 Å². The van der Waals surface area contributed by atoms with Crippen LogP contribution in [0.5, 0.6) is 5.75 Å². The monoisotopic (exact) mass is 454 g/mol. The van der Waals surface area contributed by atoms with Crippen molar-refractivity contribution in [1.29, 1.82) is 0 Å². The molecule has 0 bridgehead atoms. The highest BCUT2D eigenvalue weighted by Crippen LogP contribution is 2.38. The number of benzene rings is 1. The van der Waals surface area contributed by atoms with Crippen molar-refractivity contribution in [3.05, 3.63) is 47.0 Å². The quantitative estimate of drug-likeness (QED) is 0.470. The number of alkyl halides is 3. The predicted octanol–water partition coefficient (Wildman–Crippen LogP) is 4.63. The van der Waals surface area contributed by atoms with Gasteiger partial charge in [-0.05, 0) is 37.1 Å². The molecule has 1 aromatic carbocycles. The summed E-state index contributed by atoms with van der Waals surface area (Å²) in [5.41, 5.74) is -0.509. The molecule has 3 rings (SSSR count). The number of amides is 1. The average Bonchev–Trinajstić information content (AvgIpc) is 3.39. The van der Waals surface area contributed by atoms with E-state index in [0.717, 1.165) is 0 Å². The van der Waals surface area contributed by atoms with Crippen molar-refractivity contribution in [2.45, 2.75) is 32.4 Å². The molecule has 0 aliphatic rings. The topological polar surface area (TPSA) is 106 Å². The molecule has 0 aliphatic heterocycles. The lowest BCUT2D eigenvalue weighted by Crippen LogP contribution is -2.28. The van der Waals surface area contributed by atoms with E-state index in [1.807, 2.05) is 6.92 Å². The van der Waals surface area contributed by atoms with Gasteiger partial charge in [-0.15, -0.1) is 0 Å². The lowest BCUT2D eigenvalue weighted by molar-refractivity contribution is -0.141. The van der Waals surface area contributed by atoms with Gasteiger partial charge in [-0.1, -0.05) is 18.5 Å². The molecule has 0 aliphatic carbocycles. The van der Waals surface area contributed by atoms with Gasteiger partial charge in [0.15, 0.2) is 17.0 Å². The van der Waals surface area contributed by atoms with Gasteiger partial charge in [0.2, 0.25) is 5.76 Å². The summed E-state index contributed by atoms with van der Waals surface area (Å²) in [6.07, 6.45) is -3.09. The maximum absolute atomic E-state index is 13.1. The van der Waals surface area contributed by atoms with Crippen molar-refractivity contribution in [2.75, 3.05) is 20.2 Å². The van der Waals surface area contributed by atoms with Crippen LogP contribution < -0.4 is 4.74 Å². The van der Waals surface area contributed by atoms with Crippen molar-refractivity contribution in [3.63, 3.8) is 0 Å². The molecule has 0 radical (unpaired) electrons. The summed E-state index contributed by atoms with van der Waals surface area (Å²) >= 11 is 0. The molecule has 0 saturated heterocycles. The number of carboxylic acid groups (broad SMARTS) is 1. The fourth-order valence-electron chi connectivity index (χ4n) is 3.21. The van der Waals surface area contributed by atoms with E-state index in [-0.39, 0.29) is 35.6 Å². The molecule has 1 amide bonds. The zero-order valence-electron chi connectivity index (χ0n) is 17.4. The Balaban J connectivity index is 1.63. The van der Waals surface area contributed by atoms with Gasteiger partial charge in [-0.25, -0.2) is 4.79 Å². The Kier molecular flexibility index (Phi) is 6.75. The van der Waals surface area contributed by atoms with Crippen molar-refractivity contribution >= 4 is 22.8 Å². The summed E-state index contributed by atoms with van der Waals surface area (Å²) in [6, 6.07) is 5.23. The first-order valence-electron chi connectivity index (χ1n) is 9.83. The highest BCUT2D eigenvalue weighted by molar-refractivity contribution is 5.93. The molecule has 0 saturated carbocycles. The van der Waals surface area contributed by atoms with Gasteiger partial charge in [0.1, 0.15) is 5.75 Å². The maximum Gasteiger partial charge on any atom is 0.437 e. The van der Waals surface area contributed by atoms with Gasteiger partial charge in [0.05, 0.1) is 12.0 Å². The maximum atomic E-state index is 13.1. The van der Waals surface area contributed by atoms with E-state index in [2.05, 4.69) is 5.16 Å². The first-order valence-corrected chi connectivity index (χ1v) is 9.83. The molecule has 8 nitrogen and oxygen atoms in total. The van der Waals surface area contributed by atoms with Crippen LogP contribution in [0.15, 0.2) is 33.2 Å². The highest BCUT2D eigenvalue weighted by Gasteiger charge is 2.37. The lowest BCUT2D eigenvalue weighted by atomic mass is 10.0. The van der Waals surface area contributed by atoms with Crippen LogP contribution in [0.4, 0.5) is 13.2 Å². The molecule has 2 aromatic heterocycles. The molecule has 32 heavy (non-hydrogen) atoms. The molecular formula is C21H21F3N2O6. The zero-order valence-corrected chi connectivity index (χ0v) is 17.4. The van der Waals surface area contributed by atoms with E-state index < -0.39 is 23.7 Å². The van der Waals surface area contributed by atoms with E-state index in [1.54, 1.807) is 0 Å². The third-order valence-corrected chi connectivity index (χ3v) is 4.74. The molecule has 0 atom stereocenters. The average molecular weight is 454 g/mol. The molecule has 0 unspecified atom stereocenters. The summed E-state index contributed by atoms with van der Waals surface area (Å²) < 4.78 is 55.0. The number of ether oxygens (including phenoxy) is 1. The van der Waals surface area contributed by atoms with Crippen molar-refractivity contribution in [2.24, 2.45) is 0 Å². The van der Waals surface area contributed by atoms with E-state index >= 15 is 0 Å². The Morgan fingerprint density at radius 2 is 1.91 bits per heavy atom. The van der Waals surface area contributed by atoms with Crippen LogP contribution in [0.2, 0.25) is 0 Å². The van der Waals surface area contributed by atoms with Gasteiger partial charge in [0.25, 0.3) is 5.91 Å². The number of rotatable bonds is 9. The number of hydrogen-bond donors (Lipinski definition) is 1. The van der Waals surface area contributed by atoms with E-state index in [1.165, 1.54) is 36.2 Å². The fraction of sp³-hybridized carbons (Fsp3) is 0.381. The minimum Gasteiger partial charge on any atom is -0.493 e. The number of aromatic carboxylic acids is 1.